The Bertz CT molecular complexity index is 1120. The standard InChI is InChI=1S/C23H26N2O4S/c1-4-25(5-2)30(27,28)20-15-13-19(14-16-20)24-23(26)17(3)29-22-12-8-10-18-9-6-7-11-21(18)22/h6-17H,4-5H2,1-3H3,(H,24,26)/t17-/m0/s1. The van der Waals surface area contributed by atoms with Crippen molar-refractivity contribution in [2.24, 2.45) is 0 Å². The van der Waals surface area contributed by atoms with Crippen molar-refractivity contribution in [2.75, 3.05) is 18.4 Å². The molecule has 0 radical (unpaired) electrons. The number of amides is 1. The Hall–Kier alpha value is -2.90. The van der Waals surface area contributed by atoms with Crippen LogP contribution in [0.5, 0.6) is 5.75 Å². The van der Waals surface area contributed by atoms with Crippen LogP contribution < -0.4 is 10.1 Å². The monoisotopic (exact) mass is 426 g/mol. The van der Waals surface area contributed by atoms with Crippen LogP contribution in [0.3, 0.4) is 0 Å². The number of hydrogen-bond donors (Lipinski definition) is 1. The molecule has 0 heterocycles. The molecule has 7 heteroatoms. The molecule has 6 nitrogen and oxygen atoms in total. The highest BCUT2D eigenvalue weighted by Crippen LogP contribution is 2.26. The fourth-order valence-corrected chi connectivity index (χ4v) is 4.67. The molecule has 1 atom stereocenters. The van der Waals surface area contributed by atoms with E-state index >= 15 is 0 Å². The highest BCUT2D eigenvalue weighted by Gasteiger charge is 2.22. The molecule has 3 aromatic carbocycles. The van der Waals surface area contributed by atoms with Gasteiger partial charge in [-0.1, -0.05) is 50.2 Å². The van der Waals surface area contributed by atoms with Crippen molar-refractivity contribution in [1.82, 2.24) is 4.31 Å². The molecule has 0 aliphatic heterocycles. The summed E-state index contributed by atoms with van der Waals surface area (Å²) in [4.78, 5) is 12.8. The molecule has 0 fully saturated rings. The average Bonchev–Trinajstić information content (AvgIpc) is 2.75. The second kappa shape index (κ2) is 9.28. The molecule has 30 heavy (non-hydrogen) atoms. The topological polar surface area (TPSA) is 75.7 Å². The third kappa shape index (κ3) is 4.63. The fourth-order valence-electron chi connectivity index (χ4n) is 3.21. The van der Waals surface area contributed by atoms with E-state index in [1.807, 2.05) is 42.5 Å². The number of ether oxygens (including phenoxy) is 1. The van der Waals surface area contributed by atoms with Gasteiger partial charge in [0.05, 0.1) is 4.90 Å². The lowest BCUT2D eigenvalue weighted by Crippen LogP contribution is -2.31. The first kappa shape index (κ1) is 21.8. The van der Waals surface area contributed by atoms with Crippen molar-refractivity contribution in [3.8, 4) is 5.75 Å². The summed E-state index contributed by atoms with van der Waals surface area (Å²) in [5.41, 5.74) is 0.506. The van der Waals surface area contributed by atoms with E-state index in [2.05, 4.69) is 5.32 Å². The maximum atomic E-state index is 12.6. The Morgan fingerprint density at radius 3 is 2.27 bits per heavy atom. The Balaban J connectivity index is 1.70. The van der Waals surface area contributed by atoms with Gasteiger partial charge in [-0.15, -0.1) is 0 Å². The van der Waals surface area contributed by atoms with Crippen molar-refractivity contribution >= 4 is 32.4 Å². The Morgan fingerprint density at radius 1 is 0.967 bits per heavy atom. The third-order valence-electron chi connectivity index (χ3n) is 4.89. The van der Waals surface area contributed by atoms with Crippen LogP contribution in [0.15, 0.2) is 71.6 Å². The predicted molar refractivity (Wildman–Crippen MR) is 119 cm³/mol. The Labute approximate surface area is 177 Å². The van der Waals surface area contributed by atoms with Gasteiger partial charge in [-0.2, -0.15) is 4.31 Å². The van der Waals surface area contributed by atoms with Crippen LogP contribution in [0.1, 0.15) is 20.8 Å². The van der Waals surface area contributed by atoms with Crippen molar-refractivity contribution in [1.29, 1.82) is 0 Å². The zero-order chi connectivity index (χ0) is 21.7. The number of carbonyl (C=O) groups is 1. The number of anilines is 1. The van der Waals surface area contributed by atoms with Crippen LogP contribution >= 0.6 is 0 Å². The van der Waals surface area contributed by atoms with Gasteiger partial charge < -0.3 is 10.1 Å². The summed E-state index contributed by atoms with van der Waals surface area (Å²) in [6.45, 7) is 6.08. The van der Waals surface area contributed by atoms with Crippen molar-refractivity contribution < 1.29 is 17.9 Å². The summed E-state index contributed by atoms with van der Waals surface area (Å²) in [6.07, 6.45) is -0.727. The SMILES string of the molecule is CCN(CC)S(=O)(=O)c1ccc(NC(=O)[C@H](C)Oc2cccc3ccccc23)cc1. The van der Waals surface area contributed by atoms with Crippen LogP contribution in [-0.2, 0) is 14.8 Å². The van der Waals surface area contributed by atoms with E-state index in [-0.39, 0.29) is 10.8 Å². The zero-order valence-corrected chi connectivity index (χ0v) is 18.1. The smallest absolute Gasteiger partial charge is 0.265 e. The van der Waals surface area contributed by atoms with Gasteiger partial charge in [0.25, 0.3) is 5.91 Å². The number of fused-ring (bicyclic) bond motifs is 1. The van der Waals surface area contributed by atoms with Gasteiger partial charge in [-0.25, -0.2) is 8.42 Å². The summed E-state index contributed by atoms with van der Waals surface area (Å²) in [6, 6.07) is 19.7. The molecule has 0 bridgehead atoms. The molecule has 0 spiro atoms. The largest absolute Gasteiger partial charge is 0.480 e. The number of nitrogens with one attached hydrogen (secondary N) is 1. The second-order valence-corrected chi connectivity index (χ2v) is 8.78. The molecular weight excluding hydrogens is 400 g/mol. The second-order valence-electron chi connectivity index (χ2n) is 6.84. The lowest BCUT2D eigenvalue weighted by molar-refractivity contribution is -0.122. The quantitative estimate of drug-likeness (QED) is 0.583. The lowest BCUT2D eigenvalue weighted by Gasteiger charge is -2.19. The normalized spacial score (nSPS) is 12.7. The fraction of sp³-hybridized carbons (Fsp3) is 0.261. The summed E-state index contributed by atoms with van der Waals surface area (Å²) < 4.78 is 32.4. The maximum absolute atomic E-state index is 12.6. The summed E-state index contributed by atoms with van der Waals surface area (Å²) in [5.74, 6) is 0.318. The molecule has 3 rings (SSSR count). The first-order chi connectivity index (χ1) is 14.4. The molecule has 158 valence electrons. The van der Waals surface area contributed by atoms with Crippen LogP contribution in [0.4, 0.5) is 5.69 Å². The van der Waals surface area contributed by atoms with E-state index in [0.717, 1.165) is 10.8 Å². The van der Waals surface area contributed by atoms with Gasteiger partial charge in [-0.3, -0.25) is 4.79 Å². The molecule has 0 saturated carbocycles. The molecule has 3 aromatic rings. The minimum absolute atomic E-state index is 0.198. The minimum atomic E-state index is -3.53. The van der Waals surface area contributed by atoms with Gasteiger partial charge in [0, 0.05) is 24.2 Å². The number of benzene rings is 3. The number of hydrogen-bond acceptors (Lipinski definition) is 4. The van der Waals surface area contributed by atoms with Crippen LogP contribution in [0.2, 0.25) is 0 Å². The van der Waals surface area contributed by atoms with E-state index in [4.69, 9.17) is 4.74 Å². The molecule has 0 aromatic heterocycles. The van der Waals surface area contributed by atoms with Gasteiger partial charge in [0.15, 0.2) is 6.10 Å². The predicted octanol–water partition coefficient (Wildman–Crippen LogP) is 4.28. The van der Waals surface area contributed by atoms with Crippen molar-refractivity contribution in [2.45, 2.75) is 31.8 Å². The maximum Gasteiger partial charge on any atom is 0.265 e. The first-order valence-electron chi connectivity index (χ1n) is 9.92. The van der Waals surface area contributed by atoms with Gasteiger partial charge in [-0.05, 0) is 42.6 Å². The molecule has 0 unspecified atom stereocenters. The van der Waals surface area contributed by atoms with Crippen LogP contribution in [-0.4, -0.2) is 37.8 Å². The summed E-state index contributed by atoms with van der Waals surface area (Å²) in [5, 5.41) is 4.74. The van der Waals surface area contributed by atoms with E-state index in [0.29, 0.717) is 24.5 Å². The number of sulfonamides is 1. The van der Waals surface area contributed by atoms with Gasteiger partial charge in [0.1, 0.15) is 5.75 Å². The van der Waals surface area contributed by atoms with Gasteiger partial charge in [0.2, 0.25) is 10.0 Å². The first-order valence-corrected chi connectivity index (χ1v) is 11.4. The summed E-state index contributed by atoms with van der Waals surface area (Å²) >= 11 is 0. The number of carbonyl (C=O) groups excluding carboxylic acids is 1. The molecule has 1 N–H and O–H groups in total. The number of rotatable bonds is 8. The molecule has 0 aliphatic rings. The minimum Gasteiger partial charge on any atom is -0.480 e. The number of nitrogens with zero attached hydrogens (tertiary/aromatic N) is 1. The van der Waals surface area contributed by atoms with E-state index < -0.39 is 16.1 Å². The third-order valence-corrected chi connectivity index (χ3v) is 6.95. The van der Waals surface area contributed by atoms with E-state index in [1.165, 1.54) is 16.4 Å². The molecule has 0 saturated heterocycles. The summed E-state index contributed by atoms with van der Waals surface area (Å²) in [7, 11) is -3.53. The molecular formula is C23H26N2O4S. The van der Waals surface area contributed by atoms with E-state index in [9.17, 15) is 13.2 Å². The van der Waals surface area contributed by atoms with Gasteiger partial charge >= 0.3 is 0 Å². The van der Waals surface area contributed by atoms with Crippen LogP contribution in [0.25, 0.3) is 10.8 Å². The molecule has 1 amide bonds. The Kier molecular flexibility index (Phi) is 6.74. The zero-order valence-electron chi connectivity index (χ0n) is 17.3. The lowest BCUT2D eigenvalue weighted by atomic mass is 10.1. The highest BCUT2D eigenvalue weighted by molar-refractivity contribution is 7.89. The van der Waals surface area contributed by atoms with Crippen molar-refractivity contribution in [3.63, 3.8) is 0 Å². The average molecular weight is 427 g/mol. The Morgan fingerprint density at radius 2 is 1.60 bits per heavy atom. The van der Waals surface area contributed by atoms with E-state index in [1.54, 1.807) is 32.9 Å². The van der Waals surface area contributed by atoms with Crippen molar-refractivity contribution in [3.05, 3.63) is 66.7 Å². The van der Waals surface area contributed by atoms with Crippen LogP contribution in [0, 0.1) is 0 Å². The molecule has 0 aliphatic carbocycles. The highest BCUT2D eigenvalue weighted by atomic mass is 32.2.